The molecule has 0 heterocycles. The number of rotatable bonds is 11. The molecule has 0 bridgehead atoms. The quantitative estimate of drug-likeness (QED) is 0.378. The number of anilines is 1. The zero-order valence-corrected chi connectivity index (χ0v) is 22.8. The molecular weight excluding hydrogens is 533 g/mol. The standard InChI is InChI=1S/C27H29ClFN3O5S/c1-4-30-27(34)19(2)31(17-20-9-8-10-22(15-20)37-3)26(33)18-32(21-13-14-25(29)24(28)16-21)38(35,36)23-11-6-5-7-12-23/h5-16,19H,4,17-18H2,1-3H3,(H,30,34)/t19-/m1/s1. The number of hydrogen-bond donors (Lipinski definition) is 1. The van der Waals surface area contributed by atoms with E-state index in [4.69, 9.17) is 16.3 Å². The van der Waals surface area contributed by atoms with Crippen molar-refractivity contribution < 1.29 is 27.1 Å². The first-order chi connectivity index (χ1) is 18.1. The minimum atomic E-state index is -4.27. The molecule has 0 radical (unpaired) electrons. The summed E-state index contributed by atoms with van der Waals surface area (Å²) < 4.78 is 47.4. The van der Waals surface area contributed by atoms with E-state index in [1.54, 1.807) is 56.3 Å². The number of sulfonamides is 1. The maximum absolute atomic E-state index is 13.9. The molecule has 8 nitrogen and oxygen atoms in total. The highest BCUT2D eigenvalue weighted by Gasteiger charge is 2.32. The van der Waals surface area contributed by atoms with Crippen LogP contribution in [0.25, 0.3) is 0 Å². The zero-order chi connectivity index (χ0) is 27.9. The molecule has 38 heavy (non-hydrogen) atoms. The third-order valence-corrected chi connectivity index (χ3v) is 7.88. The summed E-state index contributed by atoms with van der Waals surface area (Å²) in [5.74, 6) is -1.21. The second-order valence-corrected chi connectivity index (χ2v) is 10.6. The number of likely N-dealkylation sites (N-methyl/N-ethyl adjacent to an activating group) is 1. The summed E-state index contributed by atoms with van der Waals surface area (Å²) in [4.78, 5) is 27.7. The van der Waals surface area contributed by atoms with Gasteiger partial charge in [-0.2, -0.15) is 0 Å². The lowest BCUT2D eigenvalue weighted by Crippen LogP contribution is -2.51. The lowest BCUT2D eigenvalue weighted by molar-refractivity contribution is -0.139. The minimum absolute atomic E-state index is 0.000552. The Morgan fingerprint density at radius 2 is 1.76 bits per heavy atom. The summed E-state index contributed by atoms with van der Waals surface area (Å²) >= 11 is 5.96. The van der Waals surface area contributed by atoms with Crippen LogP contribution in [0.3, 0.4) is 0 Å². The van der Waals surface area contributed by atoms with Crippen LogP contribution in [-0.4, -0.2) is 51.4 Å². The first-order valence-electron chi connectivity index (χ1n) is 11.8. The van der Waals surface area contributed by atoms with Crippen molar-refractivity contribution in [1.29, 1.82) is 0 Å². The lowest BCUT2D eigenvalue weighted by atomic mass is 10.1. The van der Waals surface area contributed by atoms with Crippen molar-refractivity contribution in [2.45, 2.75) is 31.3 Å². The maximum Gasteiger partial charge on any atom is 0.264 e. The van der Waals surface area contributed by atoms with Gasteiger partial charge in [-0.1, -0.05) is 41.9 Å². The lowest BCUT2D eigenvalue weighted by Gasteiger charge is -2.32. The fourth-order valence-corrected chi connectivity index (χ4v) is 5.36. The Morgan fingerprint density at radius 3 is 2.39 bits per heavy atom. The number of halogens is 2. The van der Waals surface area contributed by atoms with Gasteiger partial charge in [0.25, 0.3) is 10.0 Å². The number of hydrogen-bond acceptors (Lipinski definition) is 5. The minimum Gasteiger partial charge on any atom is -0.497 e. The molecule has 2 amide bonds. The van der Waals surface area contributed by atoms with Crippen molar-refractivity contribution in [3.05, 3.63) is 89.2 Å². The second kappa shape index (κ2) is 12.7. The third-order valence-electron chi connectivity index (χ3n) is 5.81. The van der Waals surface area contributed by atoms with Gasteiger partial charge >= 0.3 is 0 Å². The summed E-state index contributed by atoms with van der Waals surface area (Å²) in [5, 5.41) is 2.40. The summed E-state index contributed by atoms with van der Waals surface area (Å²) in [5.41, 5.74) is 0.678. The molecule has 0 saturated carbocycles. The monoisotopic (exact) mass is 561 g/mol. The fraction of sp³-hybridized carbons (Fsp3) is 0.259. The first-order valence-corrected chi connectivity index (χ1v) is 13.6. The normalized spacial score (nSPS) is 11.9. The van der Waals surface area contributed by atoms with Gasteiger partial charge in [0.2, 0.25) is 11.8 Å². The van der Waals surface area contributed by atoms with Crippen LogP contribution in [-0.2, 0) is 26.2 Å². The summed E-state index contributed by atoms with van der Waals surface area (Å²) in [7, 11) is -2.75. The van der Waals surface area contributed by atoms with Crippen LogP contribution >= 0.6 is 11.6 Å². The van der Waals surface area contributed by atoms with E-state index < -0.39 is 40.2 Å². The zero-order valence-electron chi connectivity index (χ0n) is 21.2. The Hall–Kier alpha value is -3.63. The Bertz CT molecular complexity index is 1390. The van der Waals surface area contributed by atoms with E-state index in [9.17, 15) is 22.4 Å². The van der Waals surface area contributed by atoms with Gasteiger partial charge < -0.3 is 15.0 Å². The molecule has 3 aromatic rings. The van der Waals surface area contributed by atoms with E-state index in [0.29, 0.717) is 17.9 Å². The van der Waals surface area contributed by atoms with Gasteiger partial charge in [-0.3, -0.25) is 13.9 Å². The van der Waals surface area contributed by atoms with Crippen LogP contribution in [0.15, 0.2) is 77.7 Å². The van der Waals surface area contributed by atoms with Crippen LogP contribution in [0.1, 0.15) is 19.4 Å². The maximum atomic E-state index is 13.9. The van der Waals surface area contributed by atoms with E-state index >= 15 is 0 Å². The summed E-state index contributed by atoms with van der Waals surface area (Å²) in [6.07, 6.45) is 0. The predicted molar refractivity (Wildman–Crippen MR) is 144 cm³/mol. The molecule has 1 atom stereocenters. The van der Waals surface area contributed by atoms with Gasteiger partial charge in [-0.15, -0.1) is 0 Å². The Labute approximate surface area is 227 Å². The Balaban J connectivity index is 2.05. The van der Waals surface area contributed by atoms with Gasteiger partial charge in [0.1, 0.15) is 24.2 Å². The summed E-state index contributed by atoms with van der Waals surface area (Å²) in [6, 6.07) is 17.0. The van der Waals surface area contributed by atoms with Crippen molar-refractivity contribution in [3.63, 3.8) is 0 Å². The largest absolute Gasteiger partial charge is 0.497 e. The van der Waals surface area contributed by atoms with E-state index in [1.807, 2.05) is 0 Å². The van der Waals surface area contributed by atoms with Crippen molar-refractivity contribution >= 4 is 39.1 Å². The molecule has 0 unspecified atom stereocenters. The van der Waals surface area contributed by atoms with Crippen molar-refractivity contribution in [1.82, 2.24) is 10.2 Å². The number of benzene rings is 3. The molecule has 3 aromatic carbocycles. The highest BCUT2D eigenvalue weighted by molar-refractivity contribution is 7.92. The smallest absolute Gasteiger partial charge is 0.264 e. The summed E-state index contributed by atoms with van der Waals surface area (Å²) in [6.45, 7) is 3.02. The van der Waals surface area contributed by atoms with Crippen LogP contribution in [0, 0.1) is 5.82 Å². The molecule has 3 rings (SSSR count). The predicted octanol–water partition coefficient (Wildman–Crippen LogP) is 4.24. The molecule has 0 aromatic heterocycles. The number of carbonyl (C=O) groups is 2. The van der Waals surface area contributed by atoms with Gasteiger partial charge in [0.15, 0.2) is 0 Å². The van der Waals surface area contributed by atoms with Gasteiger partial charge in [-0.05, 0) is 61.9 Å². The molecule has 0 aliphatic rings. The van der Waals surface area contributed by atoms with Crippen LogP contribution in [0.4, 0.5) is 10.1 Å². The molecule has 1 N–H and O–H groups in total. The van der Waals surface area contributed by atoms with Gasteiger partial charge in [-0.25, -0.2) is 12.8 Å². The number of amides is 2. The second-order valence-electron chi connectivity index (χ2n) is 8.37. The van der Waals surface area contributed by atoms with E-state index in [2.05, 4.69) is 5.32 Å². The van der Waals surface area contributed by atoms with Crippen molar-refractivity contribution in [2.75, 3.05) is 24.5 Å². The molecular formula is C27H29ClFN3O5S. The molecule has 0 aliphatic heterocycles. The van der Waals surface area contributed by atoms with E-state index in [-0.39, 0.29) is 22.2 Å². The molecule has 11 heteroatoms. The van der Waals surface area contributed by atoms with E-state index in [1.165, 1.54) is 30.2 Å². The van der Waals surface area contributed by atoms with Crippen molar-refractivity contribution in [3.8, 4) is 5.75 Å². The average molecular weight is 562 g/mol. The molecule has 0 spiro atoms. The van der Waals surface area contributed by atoms with Gasteiger partial charge in [0.05, 0.1) is 22.7 Å². The molecule has 0 aliphatic carbocycles. The first kappa shape index (κ1) is 28.9. The number of nitrogens with zero attached hydrogens (tertiary/aromatic N) is 2. The van der Waals surface area contributed by atoms with Gasteiger partial charge in [0, 0.05) is 13.1 Å². The molecule has 0 fully saturated rings. The highest BCUT2D eigenvalue weighted by atomic mass is 35.5. The molecule has 0 saturated heterocycles. The Morgan fingerprint density at radius 1 is 1.05 bits per heavy atom. The number of ether oxygens (including phenoxy) is 1. The number of methoxy groups -OCH3 is 1. The fourth-order valence-electron chi connectivity index (χ4n) is 3.76. The highest BCUT2D eigenvalue weighted by Crippen LogP contribution is 2.28. The van der Waals surface area contributed by atoms with Crippen LogP contribution < -0.4 is 14.4 Å². The topological polar surface area (TPSA) is 96.0 Å². The van der Waals surface area contributed by atoms with Crippen LogP contribution in [0.5, 0.6) is 5.75 Å². The van der Waals surface area contributed by atoms with Crippen LogP contribution in [0.2, 0.25) is 5.02 Å². The molecule has 202 valence electrons. The SMILES string of the molecule is CCNC(=O)[C@@H](C)N(Cc1cccc(OC)c1)C(=O)CN(c1ccc(F)c(Cl)c1)S(=O)(=O)c1ccccc1. The number of carbonyl (C=O) groups excluding carboxylic acids is 2. The van der Waals surface area contributed by atoms with E-state index in [0.717, 1.165) is 16.4 Å². The Kier molecular flexibility index (Phi) is 9.71. The number of nitrogens with one attached hydrogen (secondary N) is 1. The average Bonchev–Trinajstić information content (AvgIpc) is 2.92. The van der Waals surface area contributed by atoms with Crippen molar-refractivity contribution in [2.24, 2.45) is 0 Å². The third kappa shape index (κ3) is 6.81.